The largest absolute Gasteiger partial charge is 0.378 e. The summed E-state index contributed by atoms with van der Waals surface area (Å²) in [5.41, 5.74) is 0. The van der Waals surface area contributed by atoms with Gasteiger partial charge in [-0.25, -0.2) is 0 Å². The highest BCUT2D eigenvalue weighted by Crippen LogP contribution is 2.18. The molecule has 2 unspecified atom stereocenters. The lowest BCUT2D eigenvalue weighted by Crippen LogP contribution is -2.41. The van der Waals surface area contributed by atoms with E-state index in [0.29, 0.717) is 24.5 Å². The van der Waals surface area contributed by atoms with Crippen molar-refractivity contribution in [2.45, 2.75) is 57.6 Å². The summed E-state index contributed by atoms with van der Waals surface area (Å²) in [4.78, 5) is 14.3. The Bertz CT molecular complexity index is 259. The Morgan fingerprint density at radius 2 is 2.28 bits per heavy atom. The number of hydrogen-bond acceptors (Lipinski definition) is 3. The van der Waals surface area contributed by atoms with Gasteiger partial charge in [-0.15, -0.1) is 0 Å². The standard InChI is InChI=1S/C14H26N2O2/c1-2-16(12-8-9-15-11-12)14(17)7-6-13-5-3-4-10-18-13/h12-13,15H,2-11H2,1H3. The minimum absolute atomic E-state index is 0.306. The van der Waals surface area contributed by atoms with Crippen LogP contribution in [0.4, 0.5) is 0 Å². The Balaban J connectivity index is 1.74. The fourth-order valence-corrected chi connectivity index (χ4v) is 3.01. The summed E-state index contributed by atoms with van der Waals surface area (Å²) in [6.07, 6.45) is 6.53. The van der Waals surface area contributed by atoms with Crippen LogP contribution in [0.25, 0.3) is 0 Å². The van der Waals surface area contributed by atoms with Crippen molar-refractivity contribution in [2.75, 3.05) is 26.2 Å². The van der Waals surface area contributed by atoms with Gasteiger partial charge in [0.25, 0.3) is 0 Å². The van der Waals surface area contributed by atoms with Gasteiger partial charge in [0.1, 0.15) is 0 Å². The molecule has 2 atom stereocenters. The number of amides is 1. The lowest BCUT2D eigenvalue weighted by atomic mass is 10.0. The summed E-state index contributed by atoms with van der Waals surface area (Å²) in [6, 6.07) is 0.412. The minimum Gasteiger partial charge on any atom is -0.378 e. The van der Waals surface area contributed by atoms with Crippen LogP contribution in [-0.4, -0.2) is 49.2 Å². The number of likely N-dealkylation sites (N-methyl/N-ethyl adjacent to an activating group) is 1. The Hall–Kier alpha value is -0.610. The molecule has 1 N–H and O–H groups in total. The summed E-state index contributed by atoms with van der Waals surface area (Å²) in [5.74, 6) is 0.306. The number of carbonyl (C=O) groups excluding carboxylic acids is 1. The highest BCUT2D eigenvalue weighted by molar-refractivity contribution is 5.76. The third-order valence-corrected chi connectivity index (χ3v) is 4.09. The predicted octanol–water partition coefficient (Wildman–Crippen LogP) is 1.55. The molecule has 4 nitrogen and oxygen atoms in total. The highest BCUT2D eigenvalue weighted by Gasteiger charge is 2.25. The van der Waals surface area contributed by atoms with Crippen LogP contribution in [0.2, 0.25) is 0 Å². The van der Waals surface area contributed by atoms with E-state index < -0.39 is 0 Å². The molecule has 0 bridgehead atoms. The molecule has 2 aliphatic heterocycles. The van der Waals surface area contributed by atoms with Gasteiger partial charge < -0.3 is 15.0 Å². The molecule has 0 saturated carbocycles. The number of ether oxygens (including phenoxy) is 1. The maximum atomic E-state index is 12.2. The highest BCUT2D eigenvalue weighted by atomic mass is 16.5. The molecule has 2 aliphatic rings. The second kappa shape index (κ2) is 7.10. The molecular formula is C14H26N2O2. The molecular weight excluding hydrogens is 228 g/mol. The monoisotopic (exact) mass is 254 g/mol. The van der Waals surface area contributed by atoms with Crippen molar-refractivity contribution < 1.29 is 9.53 Å². The van der Waals surface area contributed by atoms with Gasteiger partial charge in [0.05, 0.1) is 6.10 Å². The summed E-state index contributed by atoms with van der Waals surface area (Å²) in [5, 5.41) is 3.33. The average Bonchev–Trinajstić information content (AvgIpc) is 2.92. The molecule has 0 aromatic heterocycles. The van der Waals surface area contributed by atoms with Crippen molar-refractivity contribution in [3.8, 4) is 0 Å². The van der Waals surface area contributed by atoms with Crippen molar-refractivity contribution in [3.05, 3.63) is 0 Å². The molecule has 0 radical (unpaired) electrons. The number of hydrogen-bond donors (Lipinski definition) is 1. The first-order valence-corrected chi connectivity index (χ1v) is 7.43. The molecule has 0 spiro atoms. The summed E-state index contributed by atoms with van der Waals surface area (Å²) < 4.78 is 5.68. The Labute approximate surface area is 110 Å². The van der Waals surface area contributed by atoms with Gasteiger partial charge in [-0.1, -0.05) is 0 Å². The van der Waals surface area contributed by atoms with Crippen molar-refractivity contribution in [3.63, 3.8) is 0 Å². The van der Waals surface area contributed by atoms with Crippen molar-refractivity contribution in [1.82, 2.24) is 10.2 Å². The lowest BCUT2D eigenvalue weighted by molar-refractivity contribution is -0.134. The average molecular weight is 254 g/mol. The Kier molecular flexibility index (Phi) is 5.45. The number of nitrogens with zero attached hydrogens (tertiary/aromatic N) is 1. The lowest BCUT2D eigenvalue weighted by Gasteiger charge is -2.28. The first kappa shape index (κ1) is 13.8. The third kappa shape index (κ3) is 3.69. The maximum Gasteiger partial charge on any atom is 0.222 e. The minimum atomic E-state index is 0.306. The van der Waals surface area contributed by atoms with Gasteiger partial charge in [-0.05, 0) is 45.6 Å². The number of nitrogens with one attached hydrogen (secondary N) is 1. The Morgan fingerprint density at radius 3 is 2.89 bits per heavy atom. The van der Waals surface area contributed by atoms with E-state index in [-0.39, 0.29) is 0 Å². The fourth-order valence-electron chi connectivity index (χ4n) is 3.01. The molecule has 2 fully saturated rings. The van der Waals surface area contributed by atoms with E-state index in [9.17, 15) is 4.79 Å². The van der Waals surface area contributed by atoms with E-state index in [1.165, 1.54) is 12.8 Å². The molecule has 0 aliphatic carbocycles. The second-order valence-corrected chi connectivity index (χ2v) is 5.35. The van der Waals surface area contributed by atoms with Gasteiger partial charge in [-0.2, -0.15) is 0 Å². The number of rotatable bonds is 5. The first-order chi connectivity index (χ1) is 8.81. The zero-order valence-electron chi connectivity index (χ0n) is 11.5. The van der Waals surface area contributed by atoms with Crippen LogP contribution in [0.5, 0.6) is 0 Å². The van der Waals surface area contributed by atoms with Crippen LogP contribution in [0.3, 0.4) is 0 Å². The van der Waals surface area contributed by atoms with Crippen LogP contribution in [0, 0.1) is 0 Å². The normalized spacial score (nSPS) is 28.3. The van der Waals surface area contributed by atoms with Crippen LogP contribution < -0.4 is 5.32 Å². The molecule has 18 heavy (non-hydrogen) atoms. The maximum absolute atomic E-state index is 12.2. The van der Waals surface area contributed by atoms with Gasteiger partial charge in [0, 0.05) is 32.2 Å². The van der Waals surface area contributed by atoms with E-state index >= 15 is 0 Å². The summed E-state index contributed by atoms with van der Waals surface area (Å²) in [7, 11) is 0. The van der Waals surface area contributed by atoms with Crippen LogP contribution in [0.15, 0.2) is 0 Å². The zero-order chi connectivity index (χ0) is 12.8. The zero-order valence-corrected chi connectivity index (χ0v) is 11.5. The van der Waals surface area contributed by atoms with Crippen molar-refractivity contribution >= 4 is 5.91 Å². The molecule has 0 aromatic rings. The molecule has 0 aromatic carbocycles. The van der Waals surface area contributed by atoms with E-state index in [4.69, 9.17) is 4.74 Å². The summed E-state index contributed by atoms with van der Waals surface area (Å²) >= 11 is 0. The third-order valence-electron chi connectivity index (χ3n) is 4.09. The van der Waals surface area contributed by atoms with Crippen molar-refractivity contribution in [2.24, 2.45) is 0 Å². The summed E-state index contributed by atoms with van der Waals surface area (Å²) in [6.45, 7) is 5.78. The molecule has 1 amide bonds. The molecule has 2 saturated heterocycles. The predicted molar refractivity (Wildman–Crippen MR) is 71.5 cm³/mol. The van der Waals surface area contributed by atoms with E-state index in [1.807, 2.05) is 4.90 Å². The van der Waals surface area contributed by atoms with Crippen LogP contribution >= 0.6 is 0 Å². The molecule has 104 valence electrons. The van der Waals surface area contributed by atoms with Gasteiger partial charge in [-0.3, -0.25) is 4.79 Å². The van der Waals surface area contributed by atoms with Crippen LogP contribution in [-0.2, 0) is 9.53 Å². The molecule has 2 rings (SSSR count). The number of carbonyl (C=O) groups is 1. The van der Waals surface area contributed by atoms with E-state index in [2.05, 4.69) is 12.2 Å². The first-order valence-electron chi connectivity index (χ1n) is 7.43. The van der Waals surface area contributed by atoms with Crippen molar-refractivity contribution in [1.29, 1.82) is 0 Å². The van der Waals surface area contributed by atoms with E-state index in [0.717, 1.165) is 45.5 Å². The fraction of sp³-hybridized carbons (Fsp3) is 0.929. The Morgan fingerprint density at radius 1 is 1.39 bits per heavy atom. The van der Waals surface area contributed by atoms with Gasteiger partial charge in [0.15, 0.2) is 0 Å². The molecule has 4 heteroatoms. The van der Waals surface area contributed by atoms with Gasteiger partial charge in [0.2, 0.25) is 5.91 Å². The van der Waals surface area contributed by atoms with E-state index in [1.54, 1.807) is 0 Å². The van der Waals surface area contributed by atoms with Crippen LogP contribution in [0.1, 0.15) is 45.4 Å². The second-order valence-electron chi connectivity index (χ2n) is 5.35. The van der Waals surface area contributed by atoms with Gasteiger partial charge >= 0.3 is 0 Å². The molecule has 2 heterocycles. The quantitative estimate of drug-likeness (QED) is 0.809. The SMILES string of the molecule is CCN(C(=O)CCC1CCCCO1)C1CCNC1. The topological polar surface area (TPSA) is 41.6 Å². The smallest absolute Gasteiger partial charge is 0.222 e.